The van der Waals surface area contributed by atoms with Crippen molar-refractivity contribution in [3.05, 3.63) is 17.5 Å². The first kappa shape index (κ1) is 9.73. The van der Waals surface area contributed by atoms with Crippen LogP contribution in [0.25, 0.3) is 0 Å². The maximum atomic E-state index is 10.2. The van der Waals surface area contributed by atoms with Crippen molar-refractivity contribution in [2.45, 2.75) is 13.5 Å². The molecule has 5 heteroatoms. The number of carboxylic acid groups (broad SMARTS) is 1. The van der Waals surface area contributed by atoms with Crippen LogP contribution in [0.4, 0.5) is 0 Å². The van der Waals surface area contributed by atoms with Crippen LogP contribution >= 0.6 is 0 Å². The van der Waals surface area contributed by atoms with Crippen LogP contribution in [0.2, 0.25) is 0 Å². The van der Waals surface area contributed by atoms with Gasteiger partial charge in [0.1, 0.15) is 0 Å². The van der Waals surface area contributed by atoms with Crippen molar-refractivity contribution in [3.8, 4) is 0 Å². The fraction of sp³-hybridized carbons (Fsp3) is 0.500. The van der Waals surface area contributed by atoms with Crippen LogP contribution in [0.15, 0.2) is 6.07 Å². The standard InChI is InChI=1S/C8H13N3O2/c1-6-3-7(11(2)10-6)4-9-5-8(12)13/h3,9H,4-5H2,1-2H3,(H,12,13). The molecule has 0 aliphatic rings. The molecule has 0 radical (unpaired) electrons. The predicted octanol–water partition coefficient (Wildman–Crippen LogP) is -0.0973. The SMILES string of the molecule is Cc1cc(CNCC(=O)O)n(C)n1. The molecule has 0 aliphatic carbocycles. The number of nitrogens with one attached hydrogen (secondary N) is 1. The number of nitrogens with zero attached hydrogens (tertiary/aromatic N) is 2. The second-order valence-corrected chi connectivity index (χ2v) is 2.90. The maximum Gasteiger partial charge on any atom is 0.317 e. The minimum absolute atomic E-state index is 0.0236. The van der Waals surface area contributed by atoms with E-state index in [0.717, 1.165) is 11.4 Å². The molecule has 0 amide bonds. The summed E-state index contributed by atoms with van der Waals surface area (Å²) in [4.78, 5) is 10.2. The molecule has 0 bridgehead atoms. The zero-order valence-electron chi connectivity index (χ0n) is 7.74. The van der Waals surface area contributed by atoms with Crippen LogP contribution in [-0.2, 0) is 18.4 Å². The molecule has 13 heavy (non-hydrogen) atoms. The smallest absolute Gasteiger partial charge is 0.317 e. The van der Waals surface area contributed by atoms with Gasteiger partial charge in [-0.3, -0.25) is 9.48 Å². The van der Waals surface area contributed by atoms with E-state index in [9.17, 15) is 4.79 Å². The van der Waals surface area contributed by atoms with Gasteiger partial charge in [0, 0.05) is 13.6 Å². The number of rotatable bonds is 4. The third kappa shape index (κ3) is 2.87. The number of aliphatic carboxylic acids is 1. The molecule has 0 saturated heterocycles. The summed E-state index contributed by atoms with van der Waals surface area (Å²) in [7, 11) is 1.84. The van der Waals surface area contributed by atoms with Crippen molar-refractivity contribution >= 4 is 5.97 Å². The Morgan fingerprint density at radius 2 is 2.46 bits per heavy atom. The van der Waals surface area contributed by atoms with Crippen LogP contribution in [0.1, 0.15) is 11.4 Å². The third-order valence-corrected chi connectivity index (χ3v) is 1.68. The Morgan fingerprint density at radius 3 is 2.92 bits per heavy atom. The molecule has 0 saturated carbocycles. The summed E-state index contributed by atoms with van der Waals surface area (Å²) < 4.78 is 1.74. The summed E-state index contributed by atoms with van der Waals surface area (Å²) in [6.07, 6.45) is 0. The quantitative estimate of drug-likeness (QED) is 0.684. The Bertz CT molecular complexity index is 306. The Kier molecular flexibility index (Phi) is 3.02. The van der Waals surface area contributed by atoms with Crippen molar-refractivity contribution in [2.75, 3.05) is 6.54 Å². The Labute approximate surface area is 76.4 Å². The van der Waals surface area contributed by atoms with Crippen LogP contribution in [-0.4, -0.2) is 27.4 Å². The van der Waals surface area contributed by atoms with E-state index in [1.54, 1.807) is 4.68 Å². The zero-order chi connectivity index (χ0) is 9.84. The fourth-order valence-electron chi connectivity index (χ4n) is 1.13. The Balaban J connectivity index is 2.45. The molecular formula is C8H13N3O2. The summed E-state index contributed by atoms with van der Waals surface area (Å²) in [6, 6.07) is 1.93. The number of hydrogen-bond donors (Lipinski definition) is 2. The van der Waals surface area contributed by atoms with Crippen LogP contribution in [0, 0.1) is 6.92 Å². The monoisotopic (exact) mass is 183 g/mol. The summed E-state index contributed by atoms with van der Waals surface area (Å²) >= 11 is 0. The van der Waals surface area contributed by atoms with E-state index in [-0.39, 0.29) is 6.54 Å². The van der Waals surface area contributed by atoms with E-state index in [1.165, 1.54) is 0 Å². The predicted molar refractivity (Wildman–Crippen MR) is 47.3 cm³/mol. The molecule has 2 N–H and O–H groups in total. The third-order valence-electron chi connectivity index (χ3n) is 1.68. The molecule has 0 atom stereocenters. The first-order valence-electron chi connectivity index (χ1n) is 4.01. The highest BCUT2D eigenvalue weighted by atomic mass is 16.4. The minimum Gasteiger partial charge on any atom is -0.480 e. The number of carboxylic acids is 1. The molecule has 1 aromatic heterocycles. The highest BCUT2D eigenvalue weighted by Gasteiger charge is 2.01. The molecule has 0 unspecified atom stereocenters. The van der Waals surface area contributed by atoms with E-state index in [0.29, 0.717) is 6.54 Å². The summed E-state index contributed by atoms with van der Waals surface area (Å²) in [5, 5.41) is 15.3. The molecular weight excluding hydrogens is 170 g/mol. The van der Waals surface area contributed by atoms with Gasteiger partial charge >= 0.3 is 5.97 Å². The molecule has 1 rings (SSSR count). The fourth-order valence-corrected chi connectivity index (χ4v) is 1.13. The summed E-state index contributed by atoms with van der Waals surface area (Å²) in [6.45, 7) is 2.41. The van der Waals surface area contributed by atoms with Crippen molar-refractivity contribution < 1.29 is 9.90 Å². The highest BCUT2D eigenvalue weighted by molar-refractivity contribution is 5.68. The van der Waals surface area contributed by atoms with E-state index < -0.39 is 5.97 Å². The number of carbonyl (C=O) groups is 1. The van der Waals surface area contributed by atoms with E-state index in [1.807, 2.05) is 20.0 Å². The summed E-state index contributed by atoms with van der Waals surface area (Å²) in [5.41, 5.74) is 1.92. The molecule has 1 aromatic rings. The van der Waals surface area contributed by atoms with Gasteiger partial charge in [-0.15, -0.1) is 0 Å². The van der Waals surface area contributed by atoms with Gasteiger partial charge in [0.2, 0.25) is 0 Å². The lowest BCUT2D eigenvalue weighted by Crippen LogP contribution is -2.23. The Hall–Kier alpha value is -1.36. The lowest BCUT2D eigenvalue weighted by atomic mass is 10.3. The van der Waals surface area contributed by atoms with Crippen LogP contribution < -0.4 is 5.32 Å². The zero-order valence-corrected chi connectivity index (χ0v) is 7.74. The minimum atomic E-state index is -0.848. The normalized spacial score (nSPS) is 10.3. The topological polar surface area (TPSA) is 67.2 Å². The molecule has 0 fully saturated rings. The lowest BCUT2D eigenvalue weighted by molar-refractivity contribution is -0.136. The number of aromatic nitrogens is 2. The molecule has 0 aromatic carbocycles. The van der Waals surface area contributed by atoms with Gasteiger partial charge in [-0.05, 0) is 13.0 Å². The first-order chi connectivity index (χ1) is 6.09. The number of aryl methyl sites for hydroxylation is 2. The van der Waals surface area contributed by atoms with Crippen LogP contribution in [0.5, 0.6) is 0 Å². The molecule has 72 valence electrons. The Morgan fingerprint density at radius 1 is 1.77 bits per heavy atom. The van der Waals surface area contributed by atoms with Crippen molar-refractivity contribution in [1.82, 2.24) is 15.1 Å². The van der Waals surface area contributed by atoms with E-state index in [4.69, 9.17) is 5.11 Å². The molecule has 0 aliphatic heterocycles. The summed E-state index contributed by atoms with van der Waals surface area (Å²) in [5.74, 6) is -0.848. The highest BCUT2D eigenvalue weighted by Crippen LogP contribution is 2.00. The van der Waals surface area contributed by atoms with Crippen molar-refractivity contribution in [3.63, 3.8) is 0 Å². The number of hydrogen-bond acceptors (Lipinski definition) is 3. The van der Waals surface area contributed by atoms with Gasteiger partial charge in [0.05, 0.1) is 17.9 Å². The average Bonchev–Trinajstić information content (AvgIpc) is 2.29. The van der Waals surface area contributed by atoms with E-state index >= 15 is 0 Å². The largest absolute Gasteiger partial charge is 0.480 e. The van der Waals surface area contributed by atoms with E-state index in [2.05, 4.69) is 10.4 Å². The van der Waals surface area contributed by atoms with Crippen molar-refractivity contribution in [2.24, 2.45) is 7.05 Å². The first-order valence-corrected chi connectivity index (χ1v) is 4.01. The maximum absolute atomic E-state index is 10.2. The van der Waals surface area contributed by atoms with Gasteiger partial charge in [-0.25, -0.2) is 0 Å². The lowest BCUT2D eigenvalue weighted by Gasteiger charge is -2.01. The average molecular weight is 183 g/mol. The second kappa shape index (κ2) is 4.04. The van der Waals surface area contributed by atoms with Gasteiger partial charge in [0.15, 0.2) is 0 Å². The van der Waals surface area contributed by atoms with Gasteiger partial charge < -0.3 is 10.4 Å². The van der Waals surface area contributed by atoms with Gasteiger partial charge in [-0.1, -0.05) is 0 Å². The van der Waals surface area contributed by atoms with Crippen molar-refractivity contribution in [1.29, 1.82) is 0 Å². The van der Waals surface area contributed by atoms with Gasteiger partial charge in [0.25, 0.3) is 0 Å². The van der Waals surface area contributed by atoms with Crippen LogP contribution in [0.3, 0.4) is 0 Å². The molecule has 5 nitrogen and oxygen atoms in total. The molecule has 1 heterocycles. The second-order valence-electron chi connectivity index (χ2n) is 2.90. The van der Waals surface area contributed by atoms with Gasteiger partial charge in [-0.2, -0.15) is 5.10 Å². The molecule has 0 spiro atoms.